The first-order chi connectivity index (χ1) is 7.69. The van der Waals surface area contributed by atoms with Gasteiger partial charge in [-0.25, -0.2) is 4.79 Å². The Labute approximate surface area is 105 Å². The highest BCUT2D eigenvalue weighted by molar-refractivity contribution is 5.68. The Kier molecular flexibility index (Phi) is 3.76. The van der Waals surface area contributed by atoms with Gasteiger partial charge in [-0.3, -0.25) is 0 Å². The van der Waals surface area contributed by atoms with Crippen molar-refractivity contribution in [2.24, 2.45) is 5.41 Å². The van der Waals surface area contributed by atoms with Gasteiger partial charge in [-0.2, -0.15) is 0 Å². The predicted octanol–water partition coefficient (Wildman–Crippen LogP) is 3.05. The minimum Gasteiger partial charge on any atom is -0.444 e. The summed E-state index contributed by atoms with van der Waals surface area (Å²) < 4.78 is 5.40. The van der Waals surface area contributed by atoms with Crippen LogP contribution in [0, 0.1) is 17.8 Å². The van der Waals surface area contributed by atoms with Gasteiger partial charge < -0.3 is 9.64 Å². The molecule has 0 radical (unpaired) electrons. The molecule has 0 atom stereocenters. The third kappa shape index (κ3) is 3.96. The Bertz CT molecular complexity index is 329. The van der Waals surface area contributed by atoms with Crippen molar-refractivity contribution in [1.29, 1.82) is 0 Å². The molecule has 0 aromatic rings. The Morgan fingerprint density at radius 2 is 2.00 bits per heavy atom. The van der Waals surface area contributed by atoms with Gasteiger partial charge in [-0.1, -0.05) is 5.92 Å². The molecule has 0 heterocycles. The average molecular weight is 237 g/mol. The highest BCUT2D eigenvalue weighted by atomic mass is 16.6. The summed E-state index contributed by atoms with van der Waals surface area (Å²) in [6, 6.07) is 0.107. The van der Waals surface area contributed by atoms with E-state index in [1.54, 1.807) is 4.90 Å². The van der Waals surface area contributed by atoms with Crippen molar-refractivity contribution in [2.45, 2.75) is 59.1 Å². The van der Waals surface area contributed by atoms with Crippen LogP contribution in [-0.4, -0.2) is 29.2 Å². The van der Waals surface area contributed by atoms with Crippen molar-refractivity contribution in [1.82, 2.24) is 4.90 Å². The van der Waals surface area contributed by atoms with Crippen molar-refractivity contribution in [3.63, 3.8) is 0 Å². The van der Waals surface area contributed by atoms with Gasteiger partial charge >= 0.3 is 6.09 Å². The van der Waals surface area contributed by atoms with E-state index >= 15 is 0 Å². The smallest absolute Gasteiger partial charge is 0.410 e. The number of hydrogen-bond acceptors (Lipinski definition) is 2. The van der Waals surface area contributed by atoms with E-state index in [4.69, 9.17) is 11.2 Å². The topological polar surface area (TPSA) is 29.5 Å². The van der Waals surface area contributed by atoms with Gasteiger partial charge in [0.05, 0.1) is 0 Å². The Hall–Kier alpha value is -1.17. The lowest BCUT2D eigenvalue weighted by atomic mass is 10.1. The van der Waals surface area contributed by atoms with E-state index in [0.717, 1.165) is 12.8 Å². The van der Waals surface area contributed by atoms with Crippen LogP contribution >= 0.6 is 0 Å². The van der Waals surface area contributed by atoms with E-state index in [1.165, 1.54) is 0 Å². The minimum absolute atomic E-state index is 0.0961. The molecule has 0 spiro atoms. The third-order valence-electron chi connectivity index (χ3n) is 2.88. The zero-order chi connectivity index (χ0) is 13.3. The fourth-order valence-corrected chi connectivity index (χ4v) is 1.60. The fraction of sp³-hybridized carbons (Fsp3) is 0.786. The van der Waals surface area contributed by atoms with Crippen LogP contribution in [-0.2, 0) is 4.74 Å². The van der Waals surface area contributed by atoms with E-state index < -0.39 is 5.60 Å². The highest BCUT2D eigenvalue weighted by Gasteiger charge is 2.44. The molecule has 1 fully saturated rings. The van der Waals surface area contributed by atoms with Crippen molar-refractivity contribution in [3.05, 3.63) is 0 Å². The Balaban J connectivity index is 2.67. The van der Waals surface area contributed by atoms with Gasteiger partial charge in [0.1, 0.15) is 5.60 Å². The molecule has 1 rings (SSSR count). The lowest BCUT2D eigenvalue weighted by Gasteiger charge is -2.31. The molecular weight excluding hydrogens is 214 g/mol. The molecule has 1 aliphatic carbocycles. The summed E-state index contributed by atoms with van der Waals surface area (Å²) in [4.78, 5) is 13.8. The number of terminal acetylenes is 1. The Morgan fingerprint density at radius 3 is 2.29 bits per heavy atom. The van der Waals surface area contributed by atoms with Crippen LogP contribution in [0.15, 0.2) is 0 Å². The zero-order valence-corrected chi connectivity index (χ0v) is 11.5. The molecule has 0 N–H and O–H groups in total. The number of amides is 1. The number of carbonyl (C=O) groups is 1. The first-order valence-corrected chi connectivity index (χ1v) is 6.16. The van der Waals surface area contributed by atoms with Crippen LogP contribution in [0.3, 0.4) is 0 Å². The molecular formula is C14H23NO2. The molecule has 1 aliphatic rings. The van der Waals surface area contributed by atoms with Crippen LogP contribution in [0.5, 0.6) is 0 Å². The lowest BCUT2D eigenvalue weighted by molar-refractivity contribution is 0.0164. The van der Waals surface area contributed by atoms with E-state index in [0.29, 0.717) is 6.54 Å². The van der Waals surface area contributed by atoms with Gasteiger partial charge in [0.25, 0.3) is 0 Å². The summed E-state index contributed by atoms with van der Waals surface area (Å²) in [6.07, 6.45) is 7.27. The second-order valence-electron chi connectivity index (χ2n) is 6.13. The van der Waals surface area contributed by atoms with E-state index in [-0.39, 0.29) is 17.6 Å². The van der Waals surface area contributed by atoms with Crippen LogP contribution < -0.4 is 0 Å². The summed E-state index contributed by atoms with van der Waals surface area (Å²) in [5, 5.41) is 0. The highest BCUT2D eigenvalue weighted by Crippen LogP contribution is 2.45. The summed E-state index contributed by atoms with van der Waals surface area (Å²) >= 11 is 0. The second-order valence-corrected chi connectivity index (χ2v) is 6.13. The normalized spacial score (nSPS) is 17.5. The second kappa shape index (κ2) is 4.60. The first-order valence-electron chi connectivity index (χ1n) is 6.16. The summed E-state index contributed by atoms with van der Waals surface area (Å²) in [5.74, 6) is 2.81. The quantitative estimate of drug-likeness (QED) is 0.706. The molecule has 0 saturated heterocycles. The van der Waals surface area contributed by atoms with Crippen molar-refractivity contribution in [2.75, 3.05) is 6.54 Å². The molecule has 3 nitrogen and oxygen atoms in total. The zero-order valence-electron chi connectivity index (χ0n) is 11.5. The number of ether oxygens (including phenoxy) is 1. The molecule has 0 aromatic heterocycles. The van der Waals surface area contributed by atoms with E-state index in [9.17, 15) is 4.79 Å². The maximum absolute atomic E-state index is 12.1. The maximum Gasteiger partial charge on any atom is 0.410 e. The number of hydrogen-bond donors (Lipinski definition) is 0. The van der Waals surface area contributed by atoms with Gasteiger partial charge in [0, 0.05) is 18.0 Å². The maximum atomic E-state index is 12.1. The molecule has 0 unspecified atom stereocenters. The van der Waals surface area contributed by atoms with Crippen LogP contribution in [0.1, 0.15) is 47.5 Å². The van der Waals surface area contributed by atoms with Crippen molar-refractivity contribution in [3.8, 4) is 12.3 Å². The predicted molar refractivity (Wildman–Crippen MR) is 68.6 cm³/mol. The van der Waals surface area contributed by atoms with Crippen LogP contribution in [0.4, 0.5) is 4.79 Å². The molecule has 0 aliphatic heterocycles. The molecule has 3 heteroatoms. The standard InChI is InChI=1S/C14H23NO2/c1-7-14(8-9-14)10-15(11(2)3)12(16)17-13(4,5)6/h1,11H,8-10H2,2-6H3. The van der Waals surface area contributed by atoms with E-state index in [2.05, 4.69) is 5.92 Å². The molecule has 0 aromatic carbocycles. The lowest BCUT2D eigenvalue weighted by Crippen LogP contribution is -2.43. The number of carbonyl (C=O) groups excluding carboxylic acids is 1. The molecule has 1 saturated carbocycles. The van der Waals surface area contributed by atoms with E-state index in [1.807, 2.05) is 34.6 Å². The number of nitrogens with zero attached hydrogens (tertiary/aromatic N) is 1. The van der Waals surface area contributed by atoms with Crippen molar-refractivity contribution < 1.29 is 9.53 Å². The molecule has 0 bridgehead atoms. The number of rotatable bonds is 3. The molecule has 1 amide bonds. The van der Waals surface area contributed by atoms with Crippen LogP contribution in [0.25, 0.3) is 0 Å². The van der Waals surface area contributed by atoms with Crippen molar-refractivity contribution >= 4 is 6.09 Å². The summed E-state index contributed by atoms with van der Waals surface area (Å²) in [6.45, 7) is 10.2. The van der Waals surface area contributed by atoms with Gasteiger partial charge in [0.2, 0.25) is 0 Å². The fourth-order valence-electron chi connectivity index (χ4n) is 1.60. The first kappa shape index (κ1) is 13.9. The molecule has 17 heavy (non-hydrogen) atoms. The summed E-state index contributed by atoms with van der Waals surface area (Å²) in [7, 11) is 0. The SMILES string of the molecule is C#CC1(CN(C(=O)OC(C)(C)C)C(C)C)CC1. The van der Waals surface area contributed by atoms with Gasteiger partial charge in [-0.05, 0) is 47.5 Å². The molecule has 96 valence electrons. The van der Waals surface area contributed by atoms with Gasteiger partial charge in [-0.15, -0.1) is 6.42 Å². The van der Waals surface area contributed by atoms with Crippen LogP contribution in [0.2, 0.25) is 0 Å². The largest absolute Gasteiger partial charge is 0.444 e. The Morgan fingerprint density at radius 1 is 1.47 bits per heavy atom. The summed E-state index contributed by atoms with van der Waals surface area (Å²) in [5.41, 5.74) is -0.557. The monoisotopic (exact) mass is 237 g/mol. The van der Waals surface area contributed by atoms with Gasteiger partial charge in [0.15, 0.2) is 0 Å². The average Bonchev–Trinajstić information content (AvgIpc) is 2.91. The minimum atomic E-state index is -0.461. The third-order valence-corrected chi connectivity index (χ3v) is 2.88.